The van der Waals surface area contributed by atoms with Gasteiger partial charge in [-0.15, -0.1) is 0 Å². The second kappa shape index (κ2) is 8.95. The van der Waals surface area contributed by atoms with Crippen LogP contribution in [0.15, 0.2) is 36.4 Å². The number of piperidine rings is 1. The van der Waals surface area contributed by atoms with Gasteiger partial charge < -0.3 is 15.0 Å². The topological polar surface area (TPSA) is 41.6 Å². The van der Waals surface area contributed by atoms with Crippen LogP contribution in [0.25, 0.3) is 10.8 Å². The SMILES string of the molecule is CC1CCCN1C(=O)c1ccc2cc(OCCCC3CCCNC3)ccc2c1. The molecule has 0 spiro atoms. The molecule has 2 aliphatic heterocycles. The van der Waals surface area contributed by atoms with Gasteiger partial charge >= 0.3 is 0 Å². The zero-order valence-corrected chi connectivity index (χ0v) is 17.0. The Morgan fingerprint density at radius 3 is 2.79 bits per heavy atom. The Kier molecular flexibility index (Phi) is 6.16. The number of fused-ring (bicyclic) bond motifs is 1. The van der Waals surface area contributed by atoms with E-state index >= 15 is 0 Å². The minimum atomic E-state index is 0.157. The summed E-state index contributed by atoms with van der Waals surface area (Å²) in [5.41, 5.74) is 0.788. The third-order valence-electron chi connectivity index (χ3n) is 6.30. The summed E-state index contributed by atoms with van der Waals surface area (Å²) in [5, 5.41) is 5.70. The van der Waals surface area contributed by atoms with Crippen molar-refractivity contribution in [2.24, 2.45) is 5.92 Å². The molecule has 0 radical (unpaired) electrons. The number of carbonyl (C=O) groups is 1. The van der Waals surface area contributed by atoms with E-state index < -0.39 is 0 Å². The van der Waals surface area contributed by atoms with Gasteiger partial charge in [0.25, 0.3) is 5.91 Å². The van der Waals surface area contributed by atoms with Crippen molar-refractivity contribution in [2.45, 2.75) is 51.5 Å². The van der Waals surface area contributed by atoms with Crippen LogP contribution in [0.4, 0.5) is 0 Å². The molecule has 2 saturated heterocycles. The number of benzene rings is 2. The van der Waals surface area contributed by atoms with Crippen LogP contribution in [0, 0.1) is 5.92 Å². The number of hydrogen-bond acceptors (Lipinski definition) is 3. The van der Waals surface area contributed by atoms with E-state index in [4.69, 9.17) is 4.74 Å². The molecule has 2 atom stereocenters. The maximum atomic E-state index is 12.8. The Bertz CT molecular complexity index is 813. The van der Waals surface area contributed by atoms with Gasteiger partial charge in [0.05, 0.1) is 6.61 Å². The summed E-state index contributed by atoms with van der Waals surface area (Å²) in [7, 11) is 0. The van der Waals surface area contributed by atoms with E-state index in [1.165, 1.54) is 25.8 Å². The Morgan fingerprint density at radius 1 is 1.14 bits per heavy atom. The lowest BCUT2D eigenvalue weighted by atomic mass is 9.95. The molecule has 1 N–H and O–H groups in total. The lowest BCUT2D eigenvalue weighted by molar-refractivity contribution is 0.0747. The fourth-order valence-electron chi connectivity index (χ4n) is 4.58. The summed E-state index contributed by atoms with van der Waals surface area (Å²) < 4.78 is 5.98. The third kappa shape index (κ3) is 4.49. The number of likely N-dealkylation sites (tertiary alicyclic amines) is 1. The molecule has 28 heavy (non-hydrogen) atoms. The maximum absolute atomic E-state index is 12.8. The molecule has 4 rings (SSSR count). The summed E-state index contributed by atoms with van der Waals surface area (Å²) in [5.74, 6) is 1.88. The molecule has 1 amide bonds. The molecule has 2 unspecified atom stereocenters. The van der Waals surface area contributed by atoms with Crippen LogP contribution in [-0.4, -0.2) is 43.1 Å². The lowest BCUT2D eigenvalue weighted by Crippen LogP contribution is -2.33. The summed E-state index contributed by atoms with van der Waals surface area (Å²) in [6.07, 6.45) is 7.21. The van der Waals surface area contributed by atoms with Crippen LogP contribution in [0.1, 0.15) is 55.8 Å². The Hall–Kier alpha value is -2.07. The first kappa shape index (κ1) is 19.3. The van der Waals surface area contributed by atoms with Gasteiger partial charge in [-0.3, -0.25) is 4.79 Å². The summed E-state index contributed by atoms with van der Waals surface area (Å²) in [6, 6.07) is 12.5. The molecule has 4 heteroatoms. The van der Waals surface area contributed by atoms with Crippen molar-refractivity contribution in [3.63, 3.8) is 0 Å². The first-order chi connectivity index (χ1) is 13.7. The molecule has 150 valence electrons. The van der Waals surface area contributed by atoms with Crippen molar-refractivity contribution >= 4 is 16.7 Å². The minimum Gasteiger partial charge on any atom is -0.494 e. The Balaban J connectivity index is 1.34. The van der Waals surface area contributed by atoms with E-state index in [9.17, 15) is 4.79 Å². The zero-order valence-electron chi connectivity index (χ0n) is 17.0. The van der Waals surface area contributed by atoms with Crippen molar-refractivity contribution in [2.75, 3.05) is 26.2 Å². The minimum absolute atomic E-state index is 0.157. The maximum Gasteiger partial charge on any atom is 0.254 e. The van der Waals surface area contributed by atoms with E-state index in [-0.39, 0.29) is 5.91 Å². The fraction of sp³-hybridized carbons (Fsp3) is 0.542. The van der Waals surface area contributed by atoms with E-state index in [2.05, 4.69) is 24.4 Å². The van der Waals surface area contributed by atoms with Gasteiger partial charge in [-0.1, -0.05) is 12.1 Å². The number of ether oxygens (including phenoxy) is 1. The normalized spacial score (nSPS) is 22.5. The molecule has 2 aliphatic rings. The second-order valence-corrected chi connectivity index (χ2v) is 8.42. The molecule has 2 heterocycles. The van der Waals surface area contributed by atoms with Crippen molar-refractivity contribution in [1.29, 1.82) is 0 Å². The van der Waals surface area contributed by atoms with Gasteiger partial charge in [0.1, 0.15) is 5.75 Å². The van der Waals surface area contributed by atoms with Crippen LogP contribution >= 0.6 is 0 Å². The van der Waals surface area contributed by atoms with E-state index in [0.717, 1.165) is 67.0 Å². The molecule has 4 nitrogen and oxygen atoms in total. The fourth-order valence-corrected chi connectivity index (χ4v) is 4.58. The first-order valence-electron chi connectivity index (χ1n) is 10.9. The van der Waals surface area contributed by atoms with Crippen LogP contribution < -0.4 is 10.1 Å². The standard InChI is InChI=1S/C24H32N2O2/c1-18-5-3-13-26(18)24(27)22-9-8-21-16-23(11-10-20(21)15-22)28-14-4-7-19-6-2-12-25-17-19/h8-11,15-16,18-19,25H,2-7,12-14,17H2,1H3. The summed E-state index contributed by atoms with van der Waals surface area (Å²) >= 11 is 0. The molecular weight excluding hydrogens is 348 g/mol. The predicted molar refractivity (Wildman–Crippen MR) is 114 cm³/mol. The van der Waals surface area contributed by atoms with Gasteiger partial charge in [0.15, 0.2) is 0 Å². The lowest BCUT2D eigenvalue weighted by Gasteiger charge is -2.22. The van der Waals surface area contributed by atoms with E-state index in [1.54, 1.807) is 0 Å². The average Bonchev–Trinajstić information content (AvgIpc) is 3.17. The second-order valence-electron chi connectivity index (χ2n) is 8.42. The Labute approximate surface area is 168 Å². The van der Waals surface area contributed by atoms with Crippen molar-refractivity contribution < 1.29 is 9.53 Å². The van der Waals surface area contributed by atoms with Crippen LogP contribution in [-0.2, 0) is 0 Å². The van der Waals surface area contributed by atoms with E-state index in [1.807, 2.05) is 29.2 Å². The monoisotopic (exact) mass is 380 g/mol. The number of nitrogens with zero attached hydrogens (tertiary/aromatic N) is 1. The highest BCUT2D eigenvalue weighted by molar-refractivity contribution is 5.99. The molecule has 2 fully saturated rings. The highest BCUT2D eigenvalue weighted by Crippen LogP contribution is 2.25. The van der Waals surface area contributed by atoms with Crippen molar-refractivity contribution in [1.82, 2.24) is 10.2 Å². The van der Waals surface area contributed by atoms with Gasteiger partial charge in [-0.05, 0) is 99.5 Å². The zero-order chi connectivity index (χ0) is 19.3. The Morgan fingerprint density at radius 2 is 2.00 bits per heavy atom. The molecule has 0 saturated carbocycles. The largest absolute Gasteiger partial charge is 0.494 e. The number of hydrogen-bond donors (Lipinski definition) is 1. The molecule has 0 aromatic heterocycles. The highest BCUT2D eigenvalue weighted by atomic mass is 16.5. The molecule has 0 bridgehead atoms. The van der Waals surface area contributed by atoms with Gasteiger partial charge in [-0.2, -0.15) is 0 Å². The first-order valence-corrected chi connectivity index (χ1v) is 10.9. The number of amides is 1. The van der Waals surface area contributed by atoms with Gasteiger partial charge in [0.2, 0.25) is 0 Å². The smallest absolute Gasteiger partial charge is 0.254 e. The molecule has 2 aromatic rings. The predicted octanol–water partition coefficient (Wildman–Crippen LogP) is 4.62. The quantitative estimate of drug-likeness (QED) is 0.743. The highest BCUT2D eigenvalue weighted by Gasteiger charge is 2.25. The molecule has 2 aromatic carbocycles. The van der Waals surface area contributed by atoms with E-state index in [0.29, 0.717) is 6.04 Å². The summed E-state index contributed by atoms with van der Waals surface area (Å²) in [6.45, 7) is 6.12. The van der Waals surface area contributed by atoms with Gasteiger partial charge in [0, 0.05) is 18.2 Å². The average molecular weight is 381 g/mol. The molecule has 0 aliphatic carbocycles. The molecular formula is C24H32N2O2. The van der Waals surface area contributed by atoms with Crippen molar-refractivity contribution in [3.8, 4) is 5.75 Å². The van der Waals surface area contributed by atoms with Crippen LogP contribution in [0.3, 0.4) is 0 Å². The summed E-state index contributed by atoms with van der Waals surface area (Å²) in [4.78, 5) is 14.8. The third-order valence-corrected chi connectivity index (χ3v) is 6.30. The number of nitrogens with one attached hydrogen (secondary N) is 1. The number of rotatable bonds is 6. The van der Waals surface area contributed by atoms with Crippen LogP contribution in [0.2, 0.25) is 0 Å². The van der Waals surface area contributed by atoms with Crippen LogP contribution in [0.5, 0.6) is 5.75 Å². The number of carbonyl (C=O) groups excluding carboxylic acids is 1. The van der Waals surface area contributed by atoms with Gasteiger partial charge in [-0.25, -0.2) is 0 Å². The van der Waals surface area contributed by atoms with Crippen molar-refractivity contribution in [3.05, 3.63) is 42.0 Å².